The van der Waals surface area contributed by atoms with E-state index in [-0.39, 0.29) is 5.97 Å². The highest BCUT2D eigenvalue weighted by molar-refractivity contribution is 5.92. The molecule has 0 amide bonds. The quantitative estimate of drug-likeness (QED) is 0.673. The van der Waals surface area contributed by atoms with Gasteiger partial charge in [-0.15, -0.1) is 0 Å². The third kappa shape index (κ3) is 4.10. The van der Waals surface area contributed by atoms with Gasteiger partial charge in [-0.25, -0.2) is 4.98 Å². The SMILES string of the molecule is CCOC(=O)C(N)Cc1ccc(Nc2nccc3cnccc23)cc1. The van der Waals surface area contributed by atoms with Crippen molar-refractivity contribution in [1.82, 2.24) is 9.97 Å². The van der Waals surface area contributed by atoms with Crippen LogP contribution in [0.15, 0.2) is 55.0 Å². The van der Waals surface area contributed by atoms with Crippen molar-refractivity contribution < 1.29 is 9.53 Å². The van der Waals surface area contributed by atoms with Crippen molar-refractivity contribution in [3.8, 4) is 0 Å². The van der Waals surface area contributed by atoms with Crippen molar-refractivity contribution in [2.24, 2.45) is 5.73 Å². The fraction of sp³-hybridized carbons (Fsp3) is 0.211. The van der Waals surface area contributed by atoms with Crippen LogP contribution in [0.2, 0.25) is 0 Å². The number of nitrogens with one attached hydrogen (secondary N) is 1. The molecular formula is C19H20N4O2. The van der Waals surface area contributed by atoms with Crippen molar-refractivity contribution >= 4 is 28.2 Å². The molecule has 0 saturated heterocycles. The first-order chi connectivity index (χ1) is 12.2. The van der Waals surface area contributed by atoms with Gasteiger partial charge in [-0.2, -0.15) is 0 Å². The number of pyridine rings is 2. The Morgan fingerprint density at radius 1 is 1.20 bits per heavy atom. The molecule has 0 radical (unpaired) electrons. The predicted octanol–water partition coefficient (Wildman–Crippen LogP) is 2.81. The summed E-state index contributed by atoms with van der Waals surface area (Å²) < 4.78 is 4.93. The van der Waals surface area contributed by atoms with Gasteiger partial charge in [0.25, 0.3) is 0 Å². The molecule has 6 nitrogen and oxygen atoms in total. The smallest absolute Gasteiger partial charge is 0.323 e. The molecule has 1 aromatic carbocycles. The Hall–Kier alpha value is -2.99. The van der Waals surface area contributed by atoms with Crippen LogP contribution in [-0.2, 0) is 16.0 Å². The largest absolute Gasteiger partial charge is 0.465 e. The Bertz CT molecular complexity index is 859. The molecule has 25 heavy (non-hydrogen) atoms. The molecule has 0 aliphatic rings. The molecule has 0 spiro atoms. The van der Waals surface area contributed by atoms with Crippen molar-refractivity contribution in [1.29, 1.82) is 0 Å². The molecule has 0 bridgehead atoms. The molecule has 6 heteroatoms. The van der Waals surface area contributed by atoms with Crippen LogP contribution in [0.1, 0.15) is 12.5 Å². The van der Waals surface area contributed by atoms with E-state index in [0.29, 0.717) is 13.0 Å². The van der Waals surface area contributed by atoms with E-state index in [1.807, 2.05) is 42.6 Å². The number of hydrogen-bond donors (Lipinski definition) is 2. The van der Waals surface area contributed by atoms with Crippen molar-refractivity contribution in [3.63, 3.8) is 0 Å². The van der Waals surface area contributed by atoms with Gasteiger partial charge in [-0.05, 0) is 43.2 Å². The Kier molecular flexibility index (Phi) is 5.20. The minimum Gasteiger partial charge on any atom is -0.465 e. The van der Waals surface area contributed by atoms with E-state index >= 15 is 0 Å². The van der Waals surface area contributed by atoms with Crippen molar-refractivity contribution in [2.45, 2.75) is 19.4 Å². The van der Waals surface area contributed by atoms with Gasteiger partial charge in [-0.1, -0.05) is 12.1 Å². The van der Waals surface area contributed by atoms with E-state index in [4.69, 9.17) is 10.5 Å². The number of carbonyl (C=O) groups excluding carboxylic acids is 1. The number of nitrogens with two attached hydrogens (primary N) is 1. The number of benzene rings is 1. The average molecular weight is 336 g/mol. The second-order valence-electron chi connectivity index (χ2n) is 5.64. The summed E-state index contributed by atoms with van der Waals surface area (Å²) in [4.78, 5) is 20.1. The summed E-state index contributed by atoms with van der Waals surface area (Å²) in [5, 5.41) is 5.34. The average Bonchev–Trinajstić information content (AvgIpc) is 2.64. The van der Waals surface area contributed by atoms with Crippen LogP contribution in [0, 0.1) is 0 Å². The van der Waals surface area contributed by atoms with Crippen LogP contribution >= 0.6 is 0 Å². The molecule has 2 aromatic heterocycles. The molecule has 0 fully saturated rings. The summed E-state index contributed by atoms with van der Waals surface area (Å²) in [7, 11) is 0. The lowest BCUT2D eigenvalue weighted by atomic mass is 10.1. The van der Waals surface area contributed by atoms with Gasteiger partial charge >= 0.3 is 5.97 Å². The lowest BCUT2D eigenvalue weighted by Crippen LogP contribution is -2.34. The summed E-state index contributed by atoms with van der Waals surface area (Å²) in [6, 6.07) is 11.0. The Labute approximate surface area is 146 Å². The summed E-state index contributed by atoms with van der Waals surface area (Å²) in [5.74, 6) is 0.397. The molecule has 2 heterocycles. The molecular weight excluding hydrogens is 316 g/mol. The predicted molar refractivity (Wildman–Crippen MR) is 97.6 cm³/mol. The third-order valence-electron chi connectivity index (χ3n) is 3.83. The highest BCUT2D eigenvalue weighted by Crippen LogP contribution is 2.23. The minimum absolute atomic E-state index is 0.336. The van der Waals surface area contributed by atoms with E-state index in [0.717, 1.165) is 27.8 Å². The fourth-order valence-corrected chi connectivity index (χ4v) is 2.56. The van der Waals surface area contributed by atoms with Gasteiger partial charge in [0.2, 0.25) is 0 Å². The molecule has 128 valence electrons. The second kappa shape index (κ2) is 7.72. The highest BCUT2D eigenvalue weighted by Gasteiger charge is 2.14. The number of carbonyl (C=O) groups is 1. The molecule has 1 atom stereocenters. The molecule has 0 aliphatic carbocycles. The Morgan fingerprint density at radius 2 is 2.00 bits per heavy atom. The molecule has 3 N–H and O–H groups in total. The van der Waals surface area contributed by atoms with Gasteiger partial charge < -0.3 is 15.8 Å². The number of ether oxygens (including phenoxy) is 1. The maximum absolute atomic E-state index is 11.6. The topological polar surface area (TPSA) is 90.1 Å². The number of fused-ring (bicyclic) bond motifs is 1. The Morgan fingerprint density at radius 3 is 2.76 bits per heavy atom. The number of esters is 1. The second-order valence-corrected chi connectivity index (χ2v) is 5.64. The van der Waals surface area contributed by atoms with Gasteiger partial charge in [-0.3, -0.25) is 9.78 Å². The number of anilines is 2. The zero-order valence-electron chi connectivity index (χ0n) is 14.0. The highest BCUT2D eigenvalue weighted by atomic mass is 16.5. The third-order valence-corrected chi connectivity index (χ3v) is 3.83. The maximum atomic E-state index is 11.6. The Balaban J connectivity index is 1.71. The summed E-state index contributed by atoms with van der Waals surface area (Å²) in [5.41, 5.74) is 7.73. The summed E-state index contributed by atoms with van der Waals surface area (Å²) in [6.07, 6.45) is 5.74. The van der Waals surface area contributed by atoms with Gasteiger partial charge in [0.1, 0.15) is 11.9 Å². The van der Waals surface area contributed by atoms with Gasteiger partial charge in [0, 0.05) is 35.1 Å². The maximum Gasteiger partial charge on any atom is 0.323 e. The van der Waals surface area contributed by atoms with E-state index in [2.05, 4.69) is 15.3 Å². The molecule has 0 aliphatic heterocycles. The first-order valence-corrected chi connectivity index (χ1v) is 8.14. The van der Waals surface area contributed by atoms with Gasteiger partial charge in [0.05, 0.1) is 6.61 Å². The van der Waals surface area contributed by atoms with E-state index in [9.17, 15) is 4.79 Å². The fourth-order valence-electron chi connectivity index (χ4n) is 2.56. The zero-order chi connectivity index (χ0) is 17.6. The van der Waals surface area contributed by atoms with Crippen molar-refractivity contribution in [2.75, 3.05) is 11.9 Å². The summed E-state index contributed by atoms with van der Waals surface area (Å²) >= 11 is 0. The van der Waals surface area contributed by atoms with Gasteiger partial charge in [0.15, 0.2) is 0 Å². The minimum atomic E-state index is -0.647. The monoisotopic (exact) mass is 336 g/mol. The van der Waals surface area contributed by atoms with E-state index < -0.39 is 6.04 Å². The number of aromatic nitrogens is 2. The van der Waals surface area contributed by atoms with Crippen LogP contribution in [0.4, 0.5) is 11.5 Å². The molecule has 1 unspecified atom stereocenters. The number of nitrogens with zero attached hydrogens (tertiary/aromatic N) is 2. The summed E-state index contributed by atoms with van der Waals surface area (Å²) in [6.45, 7) is 2.10. The van der Waals surface area contributed by atoms with Crippen LogP contribution in [0.5, 0.6) is 0 Å². The first-order valence-electron chi connectivity index (χ1n) is 8.14. The number of rotatable bonds is 6. The lowest BCUT2D eigenvalue weighted by molar-refractivity contribution is -0.144. The van der Waals surface area contributed by atoms with Crippen molar-refractivity contribution in [3.05, 3.63) is 60.6 Å². The normalized spacial score (nSPS) is 11.9. The van der Waals surface area contributed by atoms with Crippen LogP contribution in [0.25, 0.3) is 10.8 Å². The molecule has 3 aromatic rings. The van der Waals surface area contributed by atoms with Crippen LogP contribution < -0.4 is 11.1 Å². The molecule has 0 saturated carbocycles. The lowest BCUT2D eigenvalue weighted by Gasteiger charge is -2.12. The zero-order valence-corrected chi connectivity index (χ0v) is 14.0. The number of hydrogen-bond acceptors (Lipinski definition) is 6. The van der Waals surface area contributed by atoms with E-state index in [1.54, 1.807) is 19.3 Å². The molecule has 3 rings (SSSR count). The van der Waals surface area contributed by atoms with Crippen LogP contribution in [-0.4, -0.2) is 28.6 Å². The first kappa shape index (κ1) is 16.9. The van der Waals surface area contributed by atoms with Crippen LogP contribution in [0.3, 0.4) is 0 Å². The van der Waals surface area contributed by atoms with E-state index in [1.165, 1.54) is 0 Å². The standard InChI is InChI=1S/C19H20N4O2/c1-2-25-19(24)17(20)11-13-3-5-15(6-4-13)23-18-16-8-9-21-12-14(16)7-10-22-18/h3-10,12,17H,2,11,20H2,1H3,(H,22,23).